The Balaban J connectivity index is 0.00000242. The Hall–Kier alpha value is -0.970. The van der Waals surface area contributed by atoms with Gasteiger partial charge in [-0.15, -0.1) is 12.4 Å². The van der Waals surface area contributed by atoms with Crippen LogP contribution in [0.25, 0.3) is 0 Å². The van der Waals surface area contributed by atoms with Crippen molar-refractivity contribution in [2.45, 2.75) is 58.7 Å². The molecule has 0 heterocycles. The second-order valence-corrected chi connectivity index (χ2v) is 6.08. The minimum absolute atomic E-state index is 0. The van der Waals surface area contributed by atoms with Crippen LogP contribution in [0.4, 0.5) is 5.69 Å². The Bertz CT molecular complexity index is 490. The molecule has 1 aliphatic carbocycles. The van der Waals surface area contributed by atoms with Crippen molar-refractivity contribution in [2.75, 3.05) is 18.0 Å². The standard InChI is InChI=1S/C17H28N2O2.ClH/c1-5-19(6-2)16-12-7-9-14(18-11(3)4)17(21)13(12)8-10-15(16)20;/h8,10-11,14,17-18,20-21H,5-7,9H2,1-4H3;1H. The number of aliphatic hydroxyl groups excluding tert-OH is 1. The summed E-state index contributed by atoms with van der Waals surface area (Å²) in [6, 6.07) is 4.03. The minimum Gasteiger partial charge on any atom is -0.506 e. The molecule has 0 saturated heterocycles. The van der Waals surface area contributed by atoms with E-state index in [1.165, 1.54) is 0 Å². The first-order valence-electron chi connectivity index (χ1n) is 8.03. The highest BCUT2D eigenvalue weighted by atomic mass is 35.5. The number of anilines is 1. The van der Waals surface area contributed by atoms with Crippen LogP contribution in [0.1, 0.15) is 51.3 Å². The van der Waals surface area contributed by atoms with Gasteiger partial charge in [-0.25, -0.2) is 0 Å². The van der Waals surface area contributed by atoms with Crippen LogP contribution in [-0.2, 0) is 6.42 Å². The number of nitrogens with zero attached hydrogens (tertiary/aromatic N) is 1. The van der Waals surface area contributed by atoms with E-state index in [4.69, 9.17) is 0 Å². The second-order valence-electron chi connectivity index (χ2n) is 6.08. The molecule has 126 valence electrons. The van der Waals surface area contributed by atoms with Crippen molar-refractivity contribution < 1.29 is 10.2 Å². The fourth-order valence-electron chi connectivity index (χ4n) is 3.35. The number of nitrogens with one attached hydrogen (secondary N) is 1. The van der Waals surface area contributed by atoms with Crippen molar-refractivity contribution in [3.05, 3.63) is 23.3 Å². The molecule has 1 aromatic carbocycles. The van der Waals surface area contributed by atoms with Crippen LogP contribution >= 0.6 is 12.4 Å². The lowest BCUT2D eigenvalue weighted by Gasteiger charge is -2.35. The first-order valence-corrected chi connectivity index (χ1v) is 8.03. The summed E-state index contributed by atoms with van der Waals surface area (Å²) in [5.74, 6) is 0.319. The van der Waals surface area contributed by atoms with E-state index in [2.05, 4.69) is 37.9 Å². The topological polar surface area (TPSA) is 55.7 Å². The van der Waals surface area contributed by atoms with Crippen LogP contribution in [-0.4, -0.2) is 35.4 Å². The van der Waals surface area contributed by atoms with Crippen LogP contribution in [0.15, 0.2) is 12.1 Å². The third kappa shape index (κ3) is 3.67. The van der Waals surface area contributed by atoms with Gasteiger partial charge in [0.25, 0.3) is 0 Å². The molecule has 0 aromatic heterocycles. The van der Waals surface area contributed by atoms with Gasteiger partial charge in [0.2, 0.25) is 0 Å². The number of benzene rings is 1. The van der Waals surface area contributed by atoms with E-state index in [1.54, 1.807) is 6.07 Å². The number of halogens is 1. The average molecular weight is 329 g/mol. The molecule has 1 aromatic rings. The van der Waals surface area contributed by atoms with Crippen molar-refractivity contribution in [3.8, 4) is 5.75 Å². The Morgan fingerprint density at radius 2 is 1.91 bits per heavy atom. The molecule has 2 atom stereocenters. The number of phenols is 1. The zero-order valence-electron chi connectivity index (χ0n) is 14.0. The Kier molecular flexibility index (Phi) is 6.98. The third-order valence-corrected chi connectivity index (χ3v) is 4.33. The SMILES string of the molecule is CCN(CC)c1c(O)ccc2c1CCC(NC(C)C)C2O.Cl. The molecule has 0 saturated carbocycles. The number of rotatable bonds is 5. The molecule has 2 rings (SSSR count). The molecule has 4 nitrogen and oxygen atoms in total. The number of fused-ring (bicyclic) bond motifs is 1. The van der Waals surface area contributed by atoms with Gasteiger partial charge in [-0.3, -0.25) is 0 Å². The summed E-state index contributed by atoms with van der Waals surface area (Å²) in [5, 5.41) is 24.3. The minimum atomic E-state index is -0.508. The molecule has 1 aliphatic rings. The van der Waals surface area contributed by atoms with Crippen molar-refractivity contribution in [1.29, 1.82) is 0 Å². The summed E-state index contributed by atoms with van der Waals surface area (Å²) in [7, 11) is 0. The Morgan fingerprint density at radius 3 is 2.45 bits per heavy atom. The van der Waals surface area contributed by atoms with E-state index >= 15 is 0 Å². The smallest absolute Gasteiger partial charge is 0.139 e. The molecule has 0 amide bonds. The summed E-state index contributed by atoms with van der Waals surface area (Å²) < 4.78 is 0. The monoisotopic (exact) mass is 328 g/mol. The molecule has 0 bridgehead atoms. The van der Waals surface area contributed by atoms with Crippen LogP contribution in [0.3, 0.4) is 0 Å². The van der Waals surface area contributed by atoms with E-state index in [0.717, 1.165) is 42.7 Å². The van der Waals surface area contributed by atoms with Gasteiger partial charge in [0.15, 0.2) is 0 Å². The largest absolute Gasteiger partial charge is 0.506 e. The van der Waals surface area contributed by atoms with Crippen molar-refractivity contribution in [2.24, 2.45) is 0 Å². The first kappa shape index (κ1) is 19.1. The van der Waals surface area contributed by atoms with Gasteiger partial charge in [0.1, 0.15) is 5.75 Å². The molecule has 0 spiro atoms. The Labute approximate surface area is 139 Å². The lowest BCUT2D eigenvalue weighted by molar-refractivity contribution is 0.110. The molecule has 0 fully saturated rings. The lowest BCUT2D eigenvalue weighted by atomic mass is 9.84. The van der Waals surface area contributed by atoms with Gasteiger partial charge in [-0.05, 0) is 43.9 Å². The summed E-state index contributed by atoms with van der Waals surface area (Å²) >= 11 is 0. The zero-order chi connectivity index (χ0) is 15.6. The molecule has 2 unspecified atom stereocenters. The highest BCUT2D eigenvalue weighted by Crippen LogP contribution is 2.41. The number of phenolic OH excluding ortho intramolecular Hbond substituents is 1. The van der Waals surface area contributed by atoms with Gasteiger partial charge >= 0.3 is 0 Å². The Morgan fingerprint density at radius 1 is 1.27 bits per heavy atom. The molecule has 0 radical (unpaired) electrons. The fraction of sp³-hybridized carbons (Fsp3) is 0.647. The molecule has 22 heavy (non-hydrogen) atoms. The van der Waals surface area contributed by atoms with Crippen LogP contribution < -0.4 is 10.2 Å². The average Bonchev–Trinajstić information content (AvgIpc) is 2.45. The van der Waals surface area contributed by atoms with Gasteiger partial charge in [0.05, 0.1) is 11.8 Å². The fourth-order valence-corrected chi connectivity index (χ4v) is 3.35. The molecular weight excluding hydrogens is 300 g/mol. The van der Waals surface area contributed by atoms with E-state index in [-0.39, 0.29) is 18.4 Å². The predicted molar refractivity (Wildman–Crippen MR) is 94.3 cm³/mol. The van der Waals surface area contributed by atoms with E-state index in [9.17, 15) is 10.2 Å². The molecule has 3 N–H and O–H groups in total. The van der Waals surface area contributed by atoms with Gasteiger partial charge < -0.3 is 20.4 Å². The number of aromatic hydroxyl groups is 1. The van der Waals surface area contributed by atoms with Crippen LogP contribution in [0.2, 0.25) is 0 Å². The van der Waals surface area contributed by atoms with Crippen molar-refractivity contribution >= 4 is 18.1 Å². The van der Waals surface area contributed by atoms with E-state index < -0.39 is 6.10 Å². The summed E-state index contributed by atoms with van der Waals surface area (Å²) in [6.07, 6.45) is 1.27. The highest BCUT2D eigenvalue weighted by Gasteiger charge is 2.31. The van der Waals surface area contributed by atoms with Gasteiger partial charge in [-0.2, -0.15) is 0 Å². The summed E-state index contributed by atoms with van der Waals surface area (Å²) in [4.78, 5) is 2.16. The molecule has 5 heteroatoms. The maximum absolute atomic E-state index is 10.6. The van der Waals surface area contributed by atoms with Crippen molar-refractivity contribution in [3.63, 3.8) is 0 Å². The highest BCUT2D eigenvalue weighted by molar-refractivity contribution is 5.85. The summed E-state index contributed by atoms with van der Waals surface area (Å²) in [6.45, 7) is 10.1. The van der Waals surface area contributed by atoms with Crippen LogP contribution in [0, 0.1) is 0 Å². The van der Waals surface area contributed by atoms with Crippen molar-refractivity contribution in [1.82, 2.24) is 5.32 Å². The van der Waals surface area contributed by atoms with E-state index in [1.807, 2.05) is 6.07 Å². The number of hydrogen-bond acceptors (Lipinski definition) is 4. The van der Waals surface area contributed by atoms with Gasteiger partial charge in [0, 0.05) is 25.2 Å². The predicted octanol–water partition coefficient (Wildman–Crippen LogP) is 3.01. The van der Waals surface area contributed by atoms with Gasteiger partial charge in [-0.1, -0.05) is 19.9 Å². The first-order chi connectivity index (χ1) is 9.99. The van der Waals surface area contributed by atoms with Crippen LogP contribution in [0.5, 0.6) is 5.75 Å². The normalized spacial score (nSPS) is 20.5. The summed E-state index contributed by atoms with van der Waals surface area (Å²) in [5.41, 5.74) is 2.96. The third-order valence-electron chi connectivity index (χ3n) is 4.33. The second kappa shape index (κ2) is 8.04. The maximum atomic E-state index is 10.6. The number of hydrogen-bond donors (Lipinski definition) is 3. The zero-order valence-corrected chi connectivity index (χ0v) is 14.8. The quantitative estimate of drug-likeness (QED) is 0.777. The maximum Gasteiger partial charge on any atom is 0.139 e. The number of aliphatic hydroxyl groups is 1. The van der Waals surface area contributed by atoms with E-state index in [0.29, 0.717) is 11.8 Å². The molecule has 0 aliphatic heterocycles. The molecular formula is C17H29ClN2O2. The lowest BCUT2D eigenvalue weighted by Crippen LogP contribution is -2.42.